The number of hydrogen-bond donors (Lipinski definition) is 1. The van der Waals surface area contributed by atoms with Gasteiger partial charge in [-0.15, -0.1) is 0 Å². The van der Waals surface area contributed by atoms with Gasteiger partial charge in [-0.1, -0.05) is 12.1 Å². The van der Waals surface area contributed by atoms with Gasteiger partial charge in [0.1, 0.15) is 5.82 Å². The molecule has 5 nitrogen and oxygen atoms in total. The number of piperazine rings is 1. The molecule has 2 aromatic carbocycles. The highest BCUT2D eigenvalue weighted by Crippen LogP contribution is 2.26. The Bertz CT molecular complexity index is 812. The largest absolute Gasteiger partial charge is 0.372 e. The number of aryl methyl sites for hydroxylation is 1. The van der Waals surface area contributed by atoms with Crippen molar-refractivity contribution in [2.75, 3.05) is 49.1 Å². The molecule has 6 heteroatoms. The van der Waals surface area contributed by atoms with E-state index in [9.17, 15) is 9.18 Å². The van der Waals surface area contributed by atoms with Crippen LogP contribution in [0.3, 0.4) is 0 Å². The molecule has 0 bridgehead atoms. The van der Waals surface area contributed by atoms with Crippen LogP contribution in [0, 0.1) is 12.7 Å². The second-order valence-electron chi connectivity index (χ2n) is 7.40. The molecule has 156 valence electrons. The molecule has 1 saturated heterocycles. The van der Waals surface area contributed by atoms with E-state index in [4.69, 9.17) is 0 Å². The molecule has 0 saturated carbocycles. The normalized spacial score (nSPS) is 14.1. The van der Waals surface area contributed by atoms with Crippen LogP contribution in [0.15, 0.2) is 42.5 Å². The standard InChI is InChI=1S/C23H31FN4O/c1-4-26(5-2)21-10-11-22(18(3)16-21)27-12-14-28(15-13-27)23(29)25-17-19-6-8-20(24)9-7-19/h6-11,16H,4-5,12-15,17H2,1-3H3,(H,25,29). The molecule has 2 amide bonds. The van der Waals surface area contributed by atoms with Gasteiger partial charge < -0.3 is 20.0 Å². The molecule has 1 N–H and O–H groups in total. The average Bonchev–Trinajstić information content (AvgIpc) is 2.74. The number of anilines is 2. The van der Waals surface area contributed by atoms with Gasteiger partial charge in [0.15, 0.2) is 0 Å². The smallest absolute Gasteiger partial charge is 0.317 e. The highest BCUT2D eigenvalue weighted by atomic mass is 19.1. The fourth-order valence-electron chi connectivity index (χ4n) is 3.82. The van der Waals surface area contributed by atoms with E-state index in [0.29, 0.717) is 19.6 Å². The lowest BCUT2D eigenvalue weighted by molar-refractivity contribution is 0.194. The summed E-state index contributed by atoms with van der Waals surface area (Å²) < 4.78 is 13.0. The van der Waals surface area contributed by atoms with Crippen molar-refractivity contribution in [2.45, 2.75) is 27.3 Å². The number of nitrogens with zero attached hydrogens (tertiary/aromatic N) is 3. The number of halogens is 1. The summed E-state index contributed by atoms with van der Waals surface area (Å²) in [6.45, 7) is 11.9. The lowest BCUT2D eigenvalue weighted by Crippen LogP contribution is -2.51. The number of carbonyl (C=O) groups excluding carboxylic acids is 1. The molecule has 0 aliphatic carbocycles. The number of urea groups is 1. The van der Waals surface area contributed by atoms with Crippen LogP contribution in [0.1, 0.15) is 25.0 Å². The Hall–Kier alpha value is -2.76. The van der Waals surface area contributed by atoms with Crippen LogP contribution < -0.4 is 15.1 Å². The highest BCUT2D eigenvalue weighted by Gasteiger charge is 2.22. The van der Waals surface area contributed by atoms with E-state index in [0.717, 1.165) is 31.7 Å². The van der Waals surface area contributed by atoms with Gasteiger partial charge >= 0.3 is 6.03 Å². The molecule has 0 unspecified atom stereocenters. The topological polar surface area (TPSA) is 38.8 Å². The summed E-state index contributed by atoms with van der Waals surface area (Å²) in [7, 11) is 0. The molecule has 1 aliphatic rings. The Morgan fingerprint density at radius 3 is 2.28 bits per heavy atom. The summed E-state index contributed by atoms with van der Waals surface area (Å²) in [4.78, 5) is 19.0. The zero-order valence-corrected chi connectivity index (χ0v) is 17.6. The fourth-order valence-corrected chi connectivity index (χ4v) is 3.82. The third kappa shape index (κ3) is 5.19. The van der Waals surface area contributed by atoms with Crippen LogP contribution in [0.5, 0.6) is 0 Å². The predicted molar refractivity (Wildman–Crippen MR) is 117 cm³/mol. The molecule has 1 heterocycles. The Labute approximate surface area is 173 Å². The van der Waals surface area contributed by atoms with Gasteiger partial charge in [-0.25, -0.2) is 9.18 Å². The number of rotatable bonds is 6. The minimum Gasteiger partial charge on any atom is -0.372 e. The first kappa shape index (κ1) is 21.0. The minimum absolute atomic E-state index is 0.0671. The number of nitrogens with one attached hydrogen (secondary N) is 1. The van der Waals surface area contributed by atoms with Crippen molar-refractivity contribution in [1.82, 2.24) is 10.2 Å². The summed E-state index contributed by atoms with van der Waals surface area (Å²) in [5, 5.41) is 2.93. The zero-order valence-electron chi connectivity index (χ0n) is 17.6. The lowest BCUT2D eigenvalue weighted by Gasteiger charge is -2.37. The zero-order chi connectivity index (χ0) is 20.8. The molecule has 1 fully saturated rings. The van der Waals surface area contributed by atoms with Crippen molar-refractivity contribution in [3.05, 3.63) is 59.4 Å². The van der Waals surface area contributed by atoms with Gasteiger partial charge in [0, 0.05) is 57.2 Å². The summed E-state index contributed by atoms with van der Waals surface area (Å²) in [6, 6.07) is 12.8. The minimum atomic E-state index is -0.267. The Morgan fingerprint density at radius 2 is 1.69 bits per heavy atom. The first-order chi connectivity index (χ1) is 14.0. The van der Waals surface area contributed by atoms with Gasteiger partial charge in [0.25, 0.3) is 0 Å². The van der Waals surface area contributed by atoms with Crippen molar-refractivity contribution in [2.24, 2.45) is 0 Å². The third-order valence-corrected chi connectivity index (χ3v) is 5.57. The Kier molecular flexibility index (Phi) is 6.96. The Balaban J connectivity index is 1.53. The maximum absolute atomic E-state index is 13.0. The maximum Gasteiger partial charge on any atom is 0.317 e. The quantitative estimate of drug-likeness (QED) is 0.799. The predicted octanol–water partition coefficient (Wildman–Crippen LogP) is 4.01. The highest BCUT2D eigenvalue weighted by molar-refractivity contribution is 5.74. The van der Waals surface area contributed by atoms with Crippen LogP contribution in [-0.2, 0) is 6.54 Å². The number of hydrogen-bond acceptors (Lipinski definition) is 3. The summed E-state index contributed by atoms with van der Waals surface area (Å²) in [6.07, 6.45) is 0. The van der Waals surface area contributed by atoms with E-state index in [2.05, 4.69) is 54.1 Å². The third-order valence-electron chi connectivity index (χ3n) is 5.57. The van der Waals surface area contributed by atoms with Gasteiger partial charge in [-0.2, -0.15) is 0 Å². The first-order valence-corrected chi connectivity index (χ1v) is 10.4. The van der Waals surface area contributed by atoms with Crippen LogP contribution in [-0.4, -0.2) is 50.2 Å². The van der Waals surface area contributed by atoms with Gasteiger partial charge in [0.2, 0.25) is 0 Å². The molecule has 2 aromatic rings. The van der Waals surface area contributed by atoms with Crippen LogP contribution in [0.4, 0.5) is 20.6 Å². The maximum atomic E-state index is 13.0. The second kappa shape index (κ2) is 9.63. The average molecular weight is 399 g/mol. The molecular weight excluding hydrogens is 367 g/mol. The molecule has 3 rings (SSSR count). The molecule has 0 radical (unpaired) electrons. The van der Waals surface area contributed by atoms with E-state index in [1.165, 1.54) is 29.1 Å². The summed E-state index contributed by atoms with van der Waals surface area (Å²) in [5.41, 5.74) is 4.66. The fraction of sp³-hybridized carbons (Fsp3) is 0.435. The lowest BCUT2D eigenvalue weighted by atomic mass is 10.1. The SMILES string of the molecule is CCN(CC)c1ccc(N2CCN(C(=O)NCc3ccc(F)cc3)CC2)c(C)c1. The van der Waals surface area contributed by atoms with Crippen molar-refractivity contribution in [3.63, 3.8) is 0 Å². The molecule has 0 spiro atoms. The first-order valence-electron chi connectivity index (χ1n) is 10.4. The van der Waals surface area contributed by atoms with E-state index >= 15 is 0 Å². The van der Waals surface area contributed by atoms with Crippen molar-refractivity contribution >= 4 is 17.4 Å². The van der Waals surface area contributed by atoms with Crippen LogP contribution in [0.25, 0.3) is 0 Å². The number of benzene rings is 2. The number of amides is 2. The summed E-state index contributed by atoms with van der Waals surface area (Å²) in [5.74, 6) is -0.267. The van der Waals surface area contributed by atoms with Crippen molar-refractivity contribution in [3.8, 4) is 0 Å². The molecule has 1 aliphatic heterocycles. The molecule has 0 aromatic heterocycles. The summed E-state index contributed by atoms with van der Waals surface area (Å²) >= 11 is 0. The van der Waals surface area contributed by atoms with E-state index in [1.54, 1.807) is 12.1 Å². The Morgan fingerprint density at radius 1 is 1.03 bits per heavy atom. The molecular formula is C23H31FN4O. The van der Waals surface area contributed by atoms with E-state index in [-0.39, 0.29) is 11.8 Å². The molecule has 29 heavy (non-hydrogen) atoms. The van der Waals surface area contributed by atoms with Crippen molar-refractivity contribution in [1.29, 1.82) is 0 Å². The second-order valence-corrected chi connectivity index (χ2v) is 7.40. The number of carbonyl (C=O) groups is 1. The van der Waals surface area contributed by atoms with Crippen molar-refractivity contribution < 1.29 is 9.18 Å². The van der Waals surface area contributed by atoms with Crippen LogP contribution in [0.2, 0.25) is 0 Å². The van der Waals surface area contributed by atoms with Gasteiger partial charge in [-0.05, 0) is 62.2 Å². The monoisotopic (exact) mass is 398 g/mol. The van der Waals surface area contributed by atoms with Crippen LogP contribution >= 0.6 is 0 Å². The van der Waals surface area contributed by atoms with E-state index < -0.39 is 0 Å². The van der Waals surface area contributed by atoms with E-state index in [1.807, 2.05) is 4.90 Å². The van der Waals surface area contributed by atoms with Gasteiger partial charge in [-0.3, -0.25) is 0 Å². The van der Waals surface area contributed by atoms with Gasteiger partial charge in [0.05, 0.1) is 0 Å². The molecule has 0 atom stereocenters.